The van der Waals surface area contributed by atoms with Crippen molar-refractivity contribution in [1.82, 2.24) is 24.0 Å². The van der Waals surface area contributed by atoms with E-state index in [1.807, 2.05) is 4.57 Å². The maximum absolute atomic E-state index is 12.5. The summed E-state index contributed by atoms with van der Waals surface area (Å²) >= 11 is 3.48. The van der Waals surface area contributed by atoms with Gasteiger partial charge in [0.15, 0.2) is 11.2 Å². The molecule has 9 heteroatoms. The number of imidazole rings is 1. The van der Waals surface area contributed by atoms with Gasteiger partial charge in [0, 0.05) is 50.8 Å². The van der Waals surface area contributed by atoms with Gasteiger partial charge in [0.1, 0.15) is 0 Å². The lowest BCUT2D eigenvalue weighted by molar-refractivity contribution is 0.248. The number of piperazine rings is 1. The van der Waals surface area contributed by atoms with Gasteiger partial charge in [0.05, 0.1) is 0 Å². The zero-order valence-corrected chi connectivity index (χ0v) is 18.3. The number of hydrogen-bond donors (Lipinski definition) is 1. The summed E-state index contributed by atoms with van der Waals surface area (Å²) in [7, 11) is 1.64. The van der Waals surface area contributed by atoms with Crippen LogP contribution in [0.15, 0.2) is 38.3 Å². The number of aromatic nitrogens is 4. The molecule has 0 spiro atoms. The molecule has 0 bridgehead atoms. The zero-order chi connectivity index (χ0) is 20.5. The van der Waals surface area contributed by atoms with Crippen LogP contribution in [0.2, 0.25) is 0 Å². The van der Waals surface area contributed by atoms with E-state index in [9.17, 15) is 9.59 Å². The minimum absolute atomic E-state index is 0.371. The third-order valence-corrected chi connectivity index (χ3v) is 5.94. The van der Waals surface area contributed by atoms with Crippen LogP contribution in [0.3, 0.4) is 0 Å². The molecule has 0 atom stereocenters. The monoisotopic (exact) mass is 460 g/mol. The Hall–Kier alpha value is -2.39. The lowest BCUT2D eigenvalue weighted by atomic mass is 10.2. The number of halogens is 1. The van der Waals surface area contributed by atoms with Gasteiger partial charge in [0.2, 0.25) is 5.95 Å². The minimum Gasteiger partial charge on any atom is -0.340 e. The third kappa shape index (κ3) is 3.89. The molecule has 0 radical (unpaired) electrons. The molecule has 1 saturated heterocycles. The van der Waals surface area contributed by atoms with Gasteiger partial charge in [-0.25, -0.2) is 4.79 Å². The Morgan fingerprint density at radius 2 is 1.79 bits per heavy atom. The van der Waals surface area contributed by atoms with Gasteiger partial charge in [-0.1, -0.05) is 35.0 Å². The van der Waals surface area contributed by atoms with E-state index in [2.05, 4.69) is 61.9 Å². The number of nitrogens with one attached hydrogen (secondary N) is 1. The van der Waals surface area contributed by atoms with Crippen LogP contribution in [0.25, 0.3) is 11.2 Å². The summed E-state index contributed by atoms with van der Waals surface area (Å²) in [6.07, 6.45) is 0.879. The highest BCUT2D eigenvalue weighted by Crippen LogP contribution is 2.22. The average Bonchev–Trinajstić information content (AvgIpc) is 3.09. The number of hydrogen-bond acceptors (Lipinski definition) is 5. The first kappa shape index (κ1) is 19.9. The largest absolute Gasteiger partial charge is 0.340 e. The fraction of sp³-hybridized carbons (Fsp3) is 0.450. The summed E-state index contributed by atoms with van der Waals surface area (Å²) in [6.45, 7) is 7.17. The predicted molar refractivity (Wildman–Crippen MR) is 118 cm³/mol. The summed E-state index contributed by atoms with van der Waals surface area (Å²) in [4.78, 5) is 36.2. The molecular weight excluding hydrogens is 436 g/mol. The van der Waals surface area contributed by atoms with E-state index in [1.54, 1.807) is 7.05 Å². The molecule has 4 rings (SSSR count). The number of aryl methyl sites for hydroxylation is 2. The lowest BCUT2D eigenvalue weighted by Gasteiger charge is -2.35. The molecule has 0 amide bonds. The first-order valence-electron chi connectivity index (χ1n) is 9.89. The Morgan fingerprint density at radius 3 is 2.45 bits per heavy atom. The van der Waals surface area contributed by atoms with Gasteiger partial charge in [-0.3, -0.25) is 19.2 Å². The number of rotatable bonds is 5. The van der Waals surface area contributed by atoms with Crippen molar-refractivity contribution in [3.8, 4) is 0 Å². The molecule has 1 aliphatic rings. The van der Waals surface area contributed by atoms with E-state index in [4.69, 9.17) is 4.98 Å². The number of nitrogens with zero attached hydrogens (tertiary/aromatic N) is 5. The van der Waals surface area contributed by atoms with Crippen molar-refractivity contribution in [3.05, 3.63) is 55.1 Å². The van der Waals surface area contributed by atoms with Crippen LogP contribution in [0.4, 0.5) is 5.95 Å². The summed E-state index contributed by atoms with van der Waals surface area (Å²) in [6, 6.07) is 8.43. The molecule has 2 aromatic heterocycles. The van der Waals surface area contributed by atoms with Gasteiger partial charge in [-0.05, 0) is 24.1 Å². The highest BCUT2D eigenvalue weighted by Gasteiger charge is 2.24. The SMILES string of the molecule is CCCn1c(N2CCN(Cc3ccc(Br)cc3)CC2)nc2c1c(=O)[nH]c(=O)n2C. The molecule has 3 aromatic rings. The van der Waals surface area contributed by atoms with Crippen LogP contribution in [-0.2, 0) is 20.1 Å². The van der Waals surface area contributed by atoms with E-state index >= 15 is 0 Å². The molecule has 3 heterocycles. The molecular formula is C20H25BrN6O2. The van der Waals surface area contributed by atoms with E-state index in [0.29, 0.717) is 17.7 Å². The van der Waals surface area contributed by atoms with Crippen molar-refractivity contribution in [3.63, 3.8) is 0 Å². The molecule has 1 aromatic carbocycles. The molecule has 1 fully saturated rings. The first-order chi connectivity index (χ1) is 14.0. The Kier molecular flexibility index (Phi) is 5.60. The van der Waals surface area contributed by atoms with Crippen molar-refractivity contribution in [2.45, 2.75) is 26.4 Å². The highest BCUT2D eigenvalue weighted by atomic mass is 79.9. The number of H-pyrrole nitrogens is 1. The van der Waals surface area contributed by atoms with Crippen LogP contribution in [0.1, 0.15) is 18.9 Å². The van der Waals surface area contributed by atoms with Gasteiger partial charge in [0.25, 0.3) is 5.56 Å². The third-order valence-electron chi connectivity index (χ3n) is 5.41. The van der Waals surface area contributed by atoms with Crippen molar-refractivity contribution in [1.29, 1.82) is 0 Å². The molecule has 29 heavy (non-hydrogen) atoms. The zero-order valence-electron chi connectivity index (χ0n) is 16.7. The van der Waals surface area contributed by atoms with Crippen LogP contribution < -0.4 is 16.1 Å². The first-order valence-corrected chi connectivity index (χ1v) is 10.7. The molecule has 1 N–H and O–H groups in total. The summed E-state index contributed by atoms with van der Waals surface area (Å²) < 4.78 is 4.46. The second-order valence-electron chi connectivity index (χ2n) is 7.44. The average molecular weight is 461 g/mol. The smallest absolute Gasteiger partial charge is 0.329 e. The fourth-order valence-corrected chi connectivity index (χ4v) is 4.12. The quantitative estimate of drug-likeness (QED) is 0.628. The maximum atomic E-state index is 12.5. The fourth-order valence-electron chi connectivity index (χ4n) is 3.85. The molecule has 8 nitrogen and oxygen atoms in total. The standard InChI is InChI=1S/C20H25BrN6O2/c1-3-8-27-16-17(24(2)20(29)23-18(16)28)22-19(27)26-11-9-25(10-12-26)13-14-4-6-15(21)7-5-14/h4-7H,3,8-13H2,1-2H3,(H,23,28,29). The lowest BCUT2D eigenvalue weighted by Crippen LogP contribution is -2.46. The summed E-state index contributed by atoms with van der Waals surface area (Å²) in [5, 5.41) is 0. The minimum atomic E-state index is -0.436. The Labute approximate surface area is 176 Å². The van der Waals surface area contributed by atoms with Crippen molar-refractivity contribution < 1.29 is 0 Å². The highest BCUT2D eigenvalue weighted by molar-refractivity contribution is 9.10. The molecule has 154 valence electrons. The van der Waals surface area contributed by atoms with Crippen LogP contribution in [0.5, 0.6) is 0 Å². The van der Waals surface area contributed by atoms with E-state index < -0.39 is 5.69 Å². The van der Waals surface area contributed by atoms with Crippen LogP contribution >= 0.6 is 15.9 Å². The predicted octanol–water partition coefficient (Wildman–Crippen LogP) is 1.92. The number of anilines is 1. The van der Waals surface area contributed by atoms with E-state index in [0.717, 1.165) is 49.6 Å². The molecule has 0 aliphatic carbocycles. The topological polar surface area (TPSA) is 79.2 Å². The summed E-state index contributed by atoms with van der Waals surface area (Å²) in [5.41, 5.74) is 1.40. The normalized spacial score (nSPS) is 15.3. The molecule has 0 unspecified atom stereocenters. The van der Waals surface area contributed by atoms with Crippen molar-refractivity contribution in [2.75, 3.05) is 31.1 Å². The van der Waals surface area contributed by atoms with Crippen molar-refractivity contribution >= 4 is 33.0 Å². The second kappa shape index (κ2) is 8.16. The van der Waals surface area contributed by atoms with E-state index in [-0.39, 0.29) is 5.56 Å². The van der Waals surface area contributed by atoms with Gasteiger partial charge < -0.3 is 9.47 Å². The second-order valence-corrected chi connectivity index (χ2v) is 8.36. The Morgan fingerprint density at radius 1 is 1.10 bits per heavy atom. The molecule has 0 saturated carbocycles. The molecule has 1 aliphatic heterocycles. The maximum Gasteiger partial charge on any atom is 0.329 e. The number of aromatic amines is 1. The van der Waals surface area contributed by atoms with E-state index in [1.165, 1.54) is 10.1 Å². The van der Waals surface area contributed by atoms with Crippen LogP contribution in [0, 0.1) is 0 Å². The summed E-state index contributed by atoms with van der Waals surface area (Å²) in [5.74, 6) is 0.775. The van der Waals surface area contributed by atoms with Gasteiger partial charge in [-0.2, -0.15) is 4.98 Å². The number of fused-ring (bicyclic) bond motifs is 1. The number of benzene rings is 1. The van der Waals surface area contributed by atoms with Gasteiger partial charge >= 0.3 is 5.69 Å². The van der Waals surface area contributed by atoms with Crippen LogP contribution in [-0.4, -0.2) is 50.2 Å². The van der Waals surface area contributed by atoms with Gasteiger partial charge in [-0.15, -0.1) is 0 Å². The Balaban J connectivity index is 1.58. The van der Waals surface area contributed by atoms with Crippen molar-refractivity contribution in [2.24, 2.45) is 7.05 Å². The Bertz CT molecular complexity index is 1120.